The second-order valence-corrected chi connectivity index (χ2v) is 10.5. The van der Waals surface area contributed by atoms with Crippen molar-refractivity contribution in [2.75, 3.05) is 24.1 Å². The van der Waals surface area contributed by atoms with Crippen molar-refractivity contribution in [3.8, 4) is 5.69 Å². The number of nitrogens with one attached hydrogen (secondary N) is 1. The van der Waals surface area contributed by atoms with Crippen LogP contribution in [0.15, 0.2) is 47.0 Å². The molecule has 12 nitrogen and oxygen atoms in total. The number of carbonyl (C=O) groups excluding carboxylic acids is 2. The van der Waals surface area contributed by atoms with Gasteiger partial charge in [0.15, 0.2) is 16.6 Å². The molecule has 3 N–H and O–H groups in total. The Bertz CT molecular complexity index is 1520. The molecule has 13 heteroatoms. The number of rotatable bonds is 4. The van der Waals surface area contributed by atoms with Crippen molar-refractivity contribution in [2.24, 2.45) is 0 Å². The number of nitrogens with two attached hydrogens (primary N) is 1. The number of fused-ring (bicyclic) bond motifs is 1. The molecule has 1 fully saturated rings. The molecule has 0 aliphatic carbocycles. The van der Waals surface area contributed by atoms with Gasteiger partial charge in [-0.05, 0) is 51.5 Å². The van der Waals surface area contributed by atoms with Gasteiger partial charge in [-0.3, -0.25) is 19.2 Å². The number of anilines is 2. The number of imidazole rings is 1. The van der Waals surface area contributed by atoms with Crippen molar-refractivity contribution in [1.82, 2.24) is 29.0 Å². The van der Waals surface area contributed by atoms with Crippen LogP contribution in [0.3, 0.4) is 0 Å². The maximum absolute atomic E-state index is 13.7. The maximum Gasteiger partial charge on any atom is 0.410 e. The third-order valence-electron chi connectivity index (χ3n) is 5.90. The van der Waals surface area contributed by atoms with E-state index in [2.05, 4.69) is 20.3 Å². The van der Waals surface area contributed by atoms with Gasteiger partial charge in [0.25, 0.3) is 5.91 Å². The van der Waals surface area contributed by atoms with Gasteiger partial charge in [-0.1, -0.05) is 0 Å². The molecule has 1 saturated heterocycles. The molecular formula is C24H26N8O4S. The first-order chi connectivity index (χ1) is 17.6. The number of amides is 2. The zero-order valence-corrected chi connectivity index (χ0v) is 21.4. The molecule has 4 heterocycles. The van der Waals surface area contributed by atoms with E-state index in [4.69, 9.17) is 10.5 Å². The smallest absolute Gasteiger partial charge is 0.410 e. The van der Waals surface area contributed by atoms with E-state index in [9.17, 15) is 14.4 Å². The Balaban J connectivity index is 1.48. The number of nitrogen functional groups attached to an aromatic ring is 1. The van der Waals surface area contributed by atoms with Gasteiger partial charge in [0.05, 0.1) is 11.7 Å². The third-order valence-corrected chi connectivity index (χ3v) is 6.59. The highest BCUT2D eigenvalue weighted by molar-refractivity contribution is 7.13. The van der Waals surface area contributed by atoms with Gasteiger partial charge < -0.3 is 15.4 Å². The Morgan fingerprint density at radius 1 is 1.16 bits per heavy atom. The minimum absolute atomic E-state index is 0.147. The Hall–Kier alpha value is -4.26. The number of thiazole rings is 1. The van der Waals surface area contributed by atoms with Crippen LogP contribution in [0.2, 0.25) is 0 Å². The van der Waals surface area contributed by atoms with Crippen LogP contribution in [0.25, 0.3) is 16.9 Å². The fourth-order valence-corrected chi connectivity index (χ4v) is 4.82. The fourth-order valence-electron chi connectivity index (χ4n) is 4.30. The number of hydrogen-bond donors (Lipinski definition) is 2. The average molecular weight is 523 g/mol. The van der Waals surface area contributed by atoms with Crippen LogP contribution < -0.4 is 16.7 Å². The number of likely N-dealkylation sites (tertiary alicyclic amines) is 1. The lowest BCUT2D eigenvalue weighted by atomic mass is 10.2. The second kappa shape index (κ2) is 9.32. The molecule has 37 heavy (non-hydrogen) atoms. The molecular weight excluding hydrogens is 496 g/mol. The SMILES string of the molecule is CC(C)(C)OC(=O)N1CCC(n2c(=O)n(-c3ccc(C(=O)Nc4nccs4)cc3)c3c(N)ncnc32)C1. The summed E-state index contributed by atoms with van der Waals surface area (Å²) >= 11 is 1.32. The predicted octanol–water partition coefficient (Wildman–Crippen LogP) is 3.06. The first kappa shape index (κ1) is 24.4. The summed E-state index contributed by atoms with van der Waals surface area (Å²) in [6, 6.07) is 6.24. The lowest BCUT2D eigenvalue weighted by Crippen LogP contribution is -2.36. The van der Waals surface area contributed by atoms with E-state index in [1.165, 1.54) is 22.2 Å². The van der Waals surface area contributed by atoms with Gasteiger partial charge in [0, 0.05) is 30.2 Å². The highest BCUT2D eigenvalue weighted by atomic mass is 32.1. The van der Waals surface area contributed by atoms with Crippen molar-refractivity contribution in [2.45, 2.75) is 38.8 Å². The zero-order valence-electron chi connectivity index (χ0n) is 20.5. The van der Waals surface area contributed by atoms with Gasteiger partial charge in [0.2, 0.25) is 0 Å². The van der Waals surface area contributed by atoms with Crippen LogP contribution in [0.4, 0.5) is 15.7 Å². The minimum Gasteiger partial charge on any atom is -0.444 e. The standard InChI is InChI=1S/C24H26N8O4S/c1-24(2,3)36-23(35)30-10-8-16(12-30)32-19-17(18(25)27-13-28-19)31(22(32)34)15-6-4-14(5-7-15)20(33)29-21-26-9-11-37-21/h4-7,9,11,13,16H,8,10,12H2,1-3H3,(H2,25,27,28)(H,26,29,33). The van der Waals surface area contributed by atoms with Crippen LogP contribution in [-0.2, 0) is 4.74 Å². The molecule has 0 bridgehead atoms. The molecule has 4 aromatic rings. The average Bonchev–Trinajstić information content (AvgIpc) is 3.58. The van der Waals surface area contributed by atoms with E-state index < -0.39 is 11.7 Å². The van der Waals surface area contributed by atoms with E-state index >= 15 is 0 Å². The number of nitrogens with zero attached hydrogens (tertiary/aromatic N) is 6. The van der Waals surface area contributed by atoms with Crippen molar-refractivity contribution >= 4 is 45.5 Å². The number of aromatic nitrogens is 5. The Morgan fingerprint density at radius 3 is 2.59 bits per heavy atom. The van der Waals surface area contributed by atoms with Crippen LogP contribution in [0.5, 0.6) is 0 Å². The summed E-state index contributed by atoms with van der Waals surface area (Å²) in [5.74, 6) is -0.166. The topological polar surface area (TPSA) is 150 Å². The molecule has 0 spiro atoms. The highest BCUT2D eigenvalue weighted by Gasteiger charge is 2.34. The molecule has 1 unspecified atom stereocenters. The number of carbonyl (C=O) groups is 2. The molecule has 1 aliphatic heterocycles. The summed E-state index contributed by atoms with van der Waals surface area (Å²) in [5, 5.41) is 4.99. The Morgan fingerprint density at radius 2 is 1.92 bits per heavy atom. The Kier molecular flexibility index (Phi) is 6.15. The maximum atomic E-state index is 13.7. The summed E-state index contributed by atoms with van der Waals surface area (Å²) in [5.41, 5.74) is 6.86. The summed E-state index contributed by atoms with van der Waals surface area (Å²) in [6.07, 6.45) is 3.05. The zero-order chi connectivity index (χ0) is 26.3. The van der Waals surface area contributed by atoms with Crippen LogP contribution in [-0.4, -0.2) is 59.7 Å². The van der Waals surface area contributed by atoms with E-state index in [-0.39, 0.29) is 23.5 Å². The molecule has 1 atom stereocenters. The third kappa shape index (κ3) is 4.77. The first-order valence-corrected chi connectivity index (χ1v) is 12.5. The first-order valence-electron chi connectivity index (χ1n) is 11.6. The van der Waals surface area contributed by atoms with Crippen molar-refractivity contribution < 1.29 is 14.3 Å². The Labute approximate surface area is 215 Å². The van der Waals surface area contributed by atoms with Crippen molar-refractivity contribution in [3.63, 3.8) is 0 Å². The van der Waals surface area contributed by atoms with Crippen molar-refractivity contribution in [3.05, 3.63) is 58.2 Å². The van der Waals surface area contributed by atoms with E-state index in [0.717, 1.165) is 0 Å². The number of hydrogen-bond acceptors (Lipinski definition) is 9. The predicted molar refractivity (Wildman–Crippen MR) is 139 cm³/mol. The van der Waals surface area contributed by atoms with Gasteiger partial charge in [-0.2, -0.15) is 0 Å². The van der Waals surface area contributed by atoms with Crippen LogP contribution in [0, 0.1) is 0 Å². The largest absolute Gasteiger partial charge is 0.444 e. The summed E-state index contributed by atoms with van der Waals surface area (Å²) in [6.45, 7) is 6.18. The van der Waals surface area contributed by atoms with Crippen LogP contribution in [0.1, 0.15) is 43.6 Å². The summed E-state index contributed by atoms with van der Waals surface area (Å²) in [4.78, 5) is 53.0. The quantitative estimate of drug-likeness (QED) is 0.415. The second-order valence-electron chi connectivity index (χ2n) is 9.63. The fraction of sp³-hybridized carbons (Fsp3) is 0.333. The molecule has 3 aromatic heterocycles. The molecule has 192 valence electrons. The molecule has 1 aliphatic rings. The van der Waals surface area contributed by atoms with Gasteiger partial charge in [-0.15, -0.1) is 11.3 Å². The molecule has 5 rings (SSSR count). The lowest BCUT2D eigenvalue weighted by Gasteiger charge is -2.24. The van der Waals surface area contributed by atoms with Gasteiger partial charge in [-0.25, -0.2) is 24.5 Å². The van der Waals surface area contributed by atoms with E-state index in [0.29, 0.717) is 47.1 Å². The normalized spacial score (nSPS) is 15.8. The van der Waals surface area contributed by atoms with Gasteiger partial charge in [0.1, 0.15) is 17.4 Å². The number of benzene rings is 1. The van der Waals surface area contributed by atoms with Gasteiger partial charge >= 0.3 is 11.8 Å². The minimum atomic E-state index is -0.618. The molecule has 0 radical (unpaired) electrons. The van der Waals surface area contributed by atoms with Crippen molar-refractivity contribution in [1.29, 1.82) is 0 Å². The lowest BCUT2D eigenvalue weighted by molar-refractivity contribution is 0.0289. The van der Waals surface area contributed by atoms with E-state index in [1.807, 2.05) is 20.8 Å². The monoisotopic (exact) mass is 522 g/mol. The van der Waals surface area contributed by atoms with E-state index in [1.54, 1.807) is 45.3 Å². The highest BCUT2D eigenvalue weighted by Crippen LogP contribution is 2.28. The van der Waals surface area contributed by atoms with Crippen LogP contribution >= 0.6 is 11.3 Å². The molecule has 2 amide bonds. The summed E-state index contributed by atoms with van der Waals surface area (Å²) in [7, 11) is 0. The summed E-state index contributed by atoms with van der Waals surface area (Å²) < 4.78 is 8.48. The number of ether oxygens (including phenoxy) is 1. The molecule has 1 aromatic carbocycles. The molecule has 0 saturated carbocycles.